The number of ether oxygens (including phenoxy) is 1. The normalized spacial score (nSPS) is 18.5. The lowest BCUT2D eigenvalue weighted by Gasteiger charge is -2.43. The number of fused-ring (bicyclic) bond motifs is 1. The molecular formula is C20H24N4O4. The van der Waals surface area contributed by atoms with Crippen molar-refractivity contribution in [3.63, 3.8) is 0 Å². The molecule has 1 atom stereocenters. The topological polar surface area (TPSA) is 93.5 Å². The molecule has 8 nitrogen and oxygen atoms in total. The third-order valence-electron chi connectivity index (χ3n) is 4.97. The van der Waals surface area contributed by atoms with Crippen LogP contribution in [0.5, 0.6) is 0 Å². The van der Waals surface area contributed by atoms with Crippen LogP contribution in [0.1, 0.15) is 46.8 Å². The van der Waals surface area contributed by atoms with Crippen LogP contribution in [-0.2, 0) is 22.6 Å². The zero-order valence-corrected chi connectivity index (χ0v) is 16.3. The van der Waals surface area contributed by atoms with Crippen LogP contribution < -0.4 is 5.32 Å². The van der Waals surface area contributed by atoms with Gasteiger partial charge in [0.1, 0.15) is 11.2 Å². The molecule has 0 aliphatic carbocycles. The number of imidazole rings is 1. The van der Waals surface area contributed by atoms with Crippen LogP contribution in [0.15, 0.2) is 36.7 Å². The second kappa shape index (κ2) is 7.84. The van der Waals surface area contributed by atoms with Gasteiger partial charge in [-0.1, -0.05) is 37.3 Å². The summed E-state index contributed by atoms with van der Waals surface area (Å²) in [6.07, 6.45) is 2.08. The molecule has 148 valence electrons. The van der Waals surface area contributed by atoms with E-state index in [0.29, 0.717) is 19.5 Å². The molecule has 0 fully saturated rings. The molecule has 1 aromatic heterocycles. The minimum atomic E-state index is -1.09. The first-order chi connectivity index (χ1) is 13.4. The Morgan fingerprint density at radius 3 is 2.64 bits per heavy atom. The smallest absolute Gasteiger partial charge is 0.359 e. The maximum Gasteiger partial charge on any atom is 0.359 e. The Balaban J connectivity index is 1.90. The Kier molecular flexibility index (Phi) is 5.48. The maximum absolute atomic E-state index is 13.2. The van der Waals surface area contributed by atoms with Crippen LogP contribution in [0.3, 0.4) is 0 Å². The summed E-state index contributed by atoms with van der Waals surface area (Å²) in [6, 6.07) is 9.57. The first kappa shape index (κ1) is 19.6. The molecule has 1 aromatic carbocycles. The molecule has 8 heteroatoms. The van der Waals surface area contributed by atoms with Crippen LogP contribution in [-0.4, -0.2) is 51.4 Å². The number of hydrogen-bond acceptors (Lipinski definition) is 5. The fourth-order valence-corrected chi connectivity index (χ4v) is 3.48. The van der Waals surface area contributed by atoms with Gasteiger partial charge >= 0.3 is 5.97 Å². The highest BCUT2D eigenvalue weighted by Gasteiger charge is 2.48. The molecule has 2 amide bonds. The number of nitrogens with one attached hydrogen (secondary N) is 1. The Bertz CT molecular complexity index is 893. The second-order valence-corrected chi connectivity index (χ2v) is 6.96. The standard InChI is InChI=1S/C20H24N4O4/c1-4-10-24-17(25)16-15(18(26)28-3)22-13-23(16)12-20(24,2)19(27)21-11-14-8-6-5-7-9-14/h5-9,13H,4,10-12H2,1-3H3,(H,21,27). The number of rotatable bonds is 6. The van der Waals surface area contributed by atoms with Crippen molar-refractivity contribution in [2.45, 2.75) is 38.9 Å². The van der Waals surface area contributed by atoms with Gasteiger partial charge in [-0.2, -0.15) is 0 Å². The number of hydrogen-bond donors (Lipinski definition) is 1. The van der Waals surface area contributed by atoms with Gasteiger partial charge in [0.25, 0.3) is 5.91 Å². The monoisotopic (exact) mass is 384 g/mol. The van der Waals surface area contributed by atoms with Crippen LogP contribution in [0, 0.1) is 0 Å². The average Bonchev–Trinajstić information content (AvgIpc) is 3.13. The lowest BCUT2D eigenvalue weighted by Crippen LogP contribution is -2.64. The minimum Gasteiger partial charge on any atom is -0.464 e. The van der Waals surface area contributed by atoms with E-state index in [1.807, 2.05) is 37.3 Å². The summed E-state index contributed by atoms with van der Waals surface area (Å²) in [6.45, 7) is 4.64. The van der Waals surface area contributed by atoms with Crippen LogP contribution >= 0.6 is 0 Å². The average molecular weight is 384 g/mol. The van der Waals surface area contributed by atoms with Gasteiger partial charge in [-0.05, 0) is 18.9 Å². The van der Waals surface area contributed by atoms with Crippen molar-refractivity contribution < 1.29 is 19.1 Å². The number of carbonyl (C=O) groups excluding carboxylic acids is 3. The number of carbonyl (C=O) groups is 3. The molecule has 0 saturated heterocycles. The van der Waals surface area contributed by atoms with Gasteiger partial charge in [-0.25, -0.2) is 9.78 Å². The number of benzene rings is 1. The third kappa shape index (κ3) is 3.37. The van der Waals surface area contributed by atoms with Crippen molar-refractivity contribution in [1.82, 2.24) is 19.8 Å². The Hall–Kier alpha value is -3.16. The first-order valence-electron chi connectivity index (χ1n) is 9.20. The van der Waals surface area contributed by atoms with Gasteiger partial charge in [-0.15, -0.1) is 0 Å². The van der Waals surface area contributed by atoms with Gasteiger partial charge < -0.3 is 19.5 Å². The number of nitrogens with zero attached hydrogens (tertiary/aromatic N) is 3. The van der Waals surface area contributed by atoms with E-state index >= 15 is 0 Å². The highest BCUT2D eigenvalue weighted by atomic mass is 16.5. The van der Waals surface area contributed by atoms with E-state index < -0.39 is 17.4 Å². The lowest BCUT2D eigenvalue weighted by molar-refractivity contribution is -0.133. The van der Waals surface area contributed by atoms with Crippen molar-refractivity contribution in [2.24, 2.45) is 0 Å². The molecule has 2 aromatic rings. The van der Waals surface area contributed by atoms with E-state index in [1.54, 1.807) is 11.5 Å². The fraction of sp³-hybridized carbons (Fsp3) is 0.400. The van der Waals surface area contributed by atoms with Gasteiger partial charge in [0.05, 0.1) is 20.0 Å². The van der Waals surface area contributed by atoms with Crippen molar-refractivity contribution in [1.29, 1.82) is 0 Å². The van der Waals surface area contributed by atoms with Gasteiger partial charge in [-0.3, -0.25) is 9.59 Å². The van der Waals surface area contributed by atoms with Crippen molar-refractivity contribution in [3.8, 4) is 0 Å². The van der Waals surface area contributed by atoms with E-state index in [9.17, 15) is 14.4 Å². The Morgan fingerprint density at radius 1 is 1.29 bits per heavy atom. The number of methoxy groups -OCH3 is 1. The Labute approximate surface area is 163 Å². The van der Waals surface area contributed by atoms with Crippen molar-refractivity contribution in [2.75, 3.05) is 13.7 Å². The summed E-state index contributed by atoms with van der Waals surface area (Å²) in [4.78, 5) is 43.8. The lowest BCUT2D eigenvalue weighted by atomic mass is 9.94. The summed E-state index contributed by atoms with van der Waals surface area (Å²) >= 11 is 0. The fourth-order valence-electron chi connectivity index (χ4n) is 3.48. The first-order valence-corrected chi connectivity index (χ1v) is 9.20. The number of amides is 2. The Morgan fingerprint density at radius 2 is 2.00 bits per heavy atom. The second-order valence-electron chi connectivity index (χ2n) is 6.96. The van der Waals surface area contributed by atoms with Crippen LogP contribution in [0.25, 0.3) is 0 Å². The zero-order valence-electron chi connectivity index (χ0n) is 16.3. The minimum absolute atomic E-state index is 0.0275. The van der Waals surface area contributed by atoms with Crippen LogP contribution in [0.4, 0.5) is 0 Å². The molecule has 1 unspecified atom stereocenters. The predicted octanol–water partition coefficient (Wildman–Crippen LogP) is 1.61. The molecule has 0 radical (unpaired) electrons. The number of esters is 1. The van der Waals surface area contributed by atoms with E-state index in [0.717, 1.165) is 5.56 Å². The molecule has 3 rings (SSSR count). The quantitative estimate of drug-likeness (QED) is 0.764. The van der Waals surface area contributed by atoms with Crippen LogP contribution in [0.2, 0.25) is 0 Å². The zero-order chi connectivity index (χ0) is 20.3. The van der Waals surface area contributed by atoms with Crippen molar-refractivity contribution in [3.05, 3.63) is 53.6 Å². The predicted molar refractivity (Wildman–Crippen MR) is 102 cm³/mol. The number of aromatic nitrogens is 2. The summed E-state index contributed by atoms with van der Waals surface area (Å²) in [5.74, 6) is -1.32. The molecule has 1 aliphatic rings. The van der Waals surface area contributed by atoms with E-state index in [1.165, 1.54) is 18.3 Å². The maximum atomic E-state index is 13.2. The molecular weight excluding hydrogens is 360 g/mol. The molecule has 0 saturated carbocycles. The highest BCUT2D eigenvalue weighted by Crippen LogP contribution is 2.29. The molecule has 0 spiro atoms. The van der Waals surface area contributed by atoms with Gasteiger partial charge in [0.15, 0.2) is 5.69 Å². The summed E-state index contributed by atoms with van der Waals surface area (Å²) in [5, 5.41) is 2.93. The van der Waals surface area contributed by atoms with Gasteiger partial charge in [0.2, 0.25) is 5.91 Å². The van der Waals surface area contributed by atoms with Crippen molar-refractivity contribution >= 4 is 17.8 Å². The van der Waals surface area contributed by atoms with E-state index in [2.05, 4.69) is 10.3 Å². The molecule has 0 bridgehead atoms. The SMILES string of the molecule is CCCN1C(=O)c2c(C(=O)OC)ncn2CC1(C)C(=O)NCc1ccccc1. The molecule has 2 heterocycles. The summed E-state index contributed by atoms with van der Waals surface area (Å²) in [5.41, 5.74) is 0.0112. The van der Waals surface area contributed by atoms with E-state index in [-0.39, 0.29) is 23.8 Å². The molecule has 1 N–H and O–H groups in total. The third-order valence-corrected chi connectivity index (χ3v) is 4.97. The summed E-state index contributed by atoms with van der Waals surface area (Å²) in [7, 11) is 1.24. The molecule has 28 heavy (non-hydrogen) atoms. The van der Waals surface area contributed by atoms with Gasteiger partial charge in [0, 0.05) is 13.1 Å². The largest absolute Gasteiger partial charge is 0.464 e. The van der Waals surface area contributed by atoms with E-state index in [4.69, 9.17) is 4.74 Å². The molecule has 1 aliphatic heterocycles. The summed E-state index contributed by atoms with van der Waals surface area (Å²) < 4.78 is 6.28. The highest BCUT2D eigenvalue weighted by molar-refractivity contribution is 6.06.